The Morgan fingerprint density at radius 1 is 1.40 bits per heavy atom. The molecule has 0 fully saturated rings. The Balaban J connectivity index is 2.58. The second-order valence-corrected chi connectivity index (χ2v) is 1.90. The van der Waals surface area contributed by atoms with Gasteiger partial charge in [-0.3, -0.25) is 4.79 Å². The molecule has 0 atom stereocenters. The highest BCUT2D eigenvalue weighted by molar-refractivity contribution is 5.55. The van der Waals surface area contributed by atoms with Gasteiger partial charge in [0.2, 0.25) is 6.29 Å². The van der Waals surface area contributed by atoms with Gasteiger partial charge in [-0.2, -0.15) is 0 Å². The van der Waals surface area contributed by atoms with Crippen molar-refractivity contribution in [1.82, 2.24) is 5.32 Å². The summed E-state index contributed by atoms with van der Waals surface area (Å²) < 4.78 is 0. The molecule has 1 aliphatic heterocycles. The van der Waals surface area contributed by atoms with Gasteiger partial charge in [-0.15, -0.1) is 0 Å². The summed E-state index contributed by atoms with van der Waals surface area (Å²) in [5.41, 5.74) is 0.875. The average Bonchev–Trinajstić information content (AvgIpc) is 2.17. The van der Waals surface area contributed by atoms with Gasteiger partial charge >= 0.3 is 0 Å². The van der Waals surface area contributed by atoms with E-state index in [-0.39, 0.29) is 0 Å². The monoisotopic (exact) mass is 134 g/mol. The molecule has 0 unspecified atom stereocenters. The van der Waals surface area contributed by atoms with Crippen LogP contribution < -0.4 is 5.32 Å². The van der Waals surface area contributed by atoms with Crippen LogP contribution in [0.1, 0.15) is 6.42 Å². The molecule has 0 aromatic heterocycles. The quantitative estimate of drug-likeness (QED) is 0.611. The Bertz CT molecular complexity index is 201. The van der Waals surface area contributed by atoms with Gasteiger partial charge in [0.25, 0.3) is 0 Å². The molecule has 0 bridgehead atoms. The third kappa shape index (κ3) is 1.90. The summed E-state index contributed by atoms with van der Waals surface area (Å²) in [6.45, 7) is 0. The van der Waals surface area contributed by atoms with E-state index >= 15 is 0 Å². The van der Waals surface area contributed by atoms with Crippen molar-refractivity contribution < 1.29 is 4.79 Å². The normalized spacial score (nSPS) is 15.4. The molecule has 1 rings (SSSR count). The van der Waals surface area contributed by atoms with E-state index < -0.39 is 0 Å². The average molecular weight is 134 g/mol. The third-order valence-electron chi connectivity index (χ3n) is 1.15. The highest BCUT2D eigenvalue weighted by atomic mass is 16.1. The van der Waals surface area contributed by atoms with Crippen molar-refractivity contribution in [3.63, 3.8) is 0 Å². The van der Waals surface area contributed by atoms with Crippen LogP contribution in [0.4, 0.5) is 0 Å². The van der Waals surface area contributed by atoms with Crippen molar-refractivity contribution in [2.24, 2.45) is 0 Å². The van der Waals surface area contributed by atoms with Gasteiger partial charge < -0.3 is 5.32 Å². The van der Waals surface area contributed by atoms with Gasteiger partial charge in [-0.25, -0.2) is 0 Å². The fraction of sp³-hybridized carbons (Fsp3) is 0.125. The van der Waals surface area contributed by atoms with Crippen LogP contribution in [0.5, 0.6) is 0 Å². The summed E-state index contributed by atoms with van der Waals surface area (Å²) in [5, 5.41) is 2.94. The van der Waals surface area contributed by atoms with Gasteiger partial charge in [0.1, 0.15) is 0 Å². The highest BCUT2D eigenvalue weighted by Crippen LogP contribution is 1.97. The zero-order valence-electron chi connectivity index (χ0n) is 5.50. The van der Waals surface area contributed by atoms with Gasteiger partial charge in [0, 0.05) is 11.9 Å². The highest BCUT2D eigenvalue weighted by Gasteiger charge is 1.91. The molecule has 0 aromatic carbocycles. The van der Waals surface area contributed by atoms with Crippen LogP contribution in [0.15, 0.2) is 36.2 Å². The summed E-state index contributed by atoms with van der Waals surface area (Å²) in [6.07, 6.45) is 11.4. The first-order valence-corrected chi connectivity index (χ1v) is 3.07. The van der Waals surface area contributed by atoms with E-state index in [0.29, 0.717) is 6.42 Å². The number of hydrogen-bond acceptors (Lipinski definition) is 2. The maximum atomic E-state index is 9.93. The van der Waals surface area contributed by atoms with Crippen LogP contribution in [0.25, 0.3) is 0 Å². The van der Waals surface area contributed by atoms with E-state index in [0.717, 1.165) is 5.70 Å². The molecule has 0 spiro atoms. The molecule has 1 N–H and O–H groups in total. The van der Waals surface area contributed by atoms with Crippen LogP contribution in [0.2, 0.25) is 0 Å². The van der Waals surface area contributed by atoms with Crippen molar-refractivity contribution in [3.8, 4) is 0 Å². The lowest BCUT2D eigenvalue weighted by Gasteiger charge is -1.97. The fourth-order valence-electron chi connectivity index (χ4n) is 0.682. The summed E-state index contributed by atoms with van der Waals surface area (Å²) in [5.74, 6) is 0. The minimum atomic E-state index is 0.328. The Labute approximate surface area is 59.9 Å². The van der Waals surface area contributed by atoms with Crippen molar-refractivity contribution in [3.05, 3.63) is 36.2 Å². The number of nitrogens with one attached hydrogen (secondary N) is 1. The third-order valence-corrected chi connectivity index (χ3v) is 1.15. The molecule has 2 nitrogen and oxygen atoms in total. The first-order chi connectivity index (χ1) is 4.93. The maximum absolute atomic E-state index is 9.93. The van der Waals surface area contributed by atoms with E-state index in [2.05, 4.69) is 5.32 Å². The second-order valence-electron chi connectivity index (χ2n) is 1.90. The van der Waals surface area contributed by atoms with Gasteiger partial charge in [0.05, 0.1) is 6.42 Å². The van der Waals surface area contributed by atoms with Crippen LogP contribution >= 0.6 is 0 Å². The molecule has 1 radical (unpaired) electrons. The summed E-state index contributed by atoms with van der Waals surface area (Å²) in [6, 6.07) is 0. The molecule has 1 heterocycles. The Morgan fingerprint density at radius 2 is 2.30 bits per heavy atom. The predicted octanol–water partition coefficient (Wildman–Crippen LogP) is 1.04. The zero-order valence-corrected chi connectivity index (χ0v) is 5.50. The molecule has 2 heteroatoms. The maximum Gasteiger partial charge on any atom is 0.204 e. The van der Waals surface area contributed by atoms with Crippen molar-refractivity contribution in [1.29, 1.82) is 0 Å². The van der Waals surface area contributed by atoms with E-state index in [1.165, 1.54) is 0 Å². The lowest BCUT2D eigenvalue weighted by atomic mass is 10.3. The first kappa shape index (κ1) is 6.81. The minimum Gasteiger partial charge on any atom is -0.365 e. The lowest BCUT2D eigenvalue weighted by molar-refractivity contribution is 0.554. The number of rotatable bonds is 2. The Hall–Kier alpha value is -1.31. The van der Waals surface area contributed by atoms with Crippen LogP contribution in [0.3, 0.4) is 0 Å². The molecule has 0 amide bonds. The van der Waals surface area contributed by atoms with Crippen LogP contribution in [-0.2, 0) is 4.79 Å². The molecule has 0 aromatic rings. The number of carbonyl (C=O) groups excluding carboxylic acids is 1. The van der Waals surface area contributed by atoms with Gasteiger partial charge in [0.15, 0.2) is 0 Å². The van der Waals surface area contributed by atoms with Gasteiger partial charge in [-0.1, -0.05) is 12.2 Å². The molecule has 0 saturated heterocycles. The second kappa shape index (κ2) is 3.67. The standard InChI is InChI=1S/C8H8NO/c10-7-5-8-4-2-1-3-6-9-8/h1-4,6,9H,5H2. The predicted molar refractivity (Wildman–Crippen MR) is 39.8 cm³/mol. The Kier molecular flexibility index (Phi) is 2.49. The number of allylic oxidation sites excluding steroid dienone is 5. The smallest absolute Gasteiger partial charge is 0.204 e. The fourth-order valence-corrected chi connectivity index (χ4v) is 0.682. The largest absolute Gasteiger partial charge is 0.365 e. The minimum absolute atomic E-state index is 0.328. The van der Waals surface area contributed by atoms with Gasteiger partial charge in [-0.05, 0) is 12.2 Å². The SMILES string of the molecule is O=[C]CC1=CC=CC=CN1. The first-order valence-electron chi connectivity index (χ1n) is 3.07. The molecular formula is C8H8NO. The summed E-state index contributed by atoms with van der Waals surface area (Å²) in [7, 11) is 0. The summed E-state index contributed by atoms with van der Waals surface area (Å²) in [4.78, 5) is 9.93. The van der Waals surface area contributed by atoms with E-state index in [4.69, 9.17) is 0 Å². The van der Waals surface area contributed by atoms with E-state index in [9.17, 15) is 4.79 Å². The topological polar surface area (TPSA) is 29.1 Å². The van der Waals surface area contributed by atoms with Crippen molar-refractivity contribution in [2.75, 3.05) is 0 Å². The van der Waals surface area contributed by atoms with Crippen LogP contribution in [-0.4, -0.2) is 6.29 Å². The molecule has 1 aliphatic rings. The number of hydrogen-bond donors (Lipinski definition) is 1. The van der Waals surface area contributed by atoms with Crippen LogP contribution in [0, 0.1) is 0 Å². The van der Waals surface area contributed by atoms with E-state index in [1.54, 1.807) is 6.20 Å². The molecular weight excluding hydrogens is 126 g/mol. The molecule has 10 heavy (non-hydrogen) atoms. The molecule has 0 aliphatic carbocycles. The van der Waals surface area contributed by atoms with E-state index in [1.807, 2.05) is 30.6 Å². The zero-order chi connectivity index (χ0) is 7.23. The Morgan fingerprint density at radius 3 is 3.10 bits per heavy atom. The van der Waals surface area contributed by atoms with Crippen molar-refractivity contribution in [2.45, 2.75) is 6.42 Å². The lowest BCUT2D eigenvalue weighted by Crippen LogP contribution is -2.03. The van der Waals surface area contributed by atoms with Crippen molar-refractivity contribution >= 4 is 6.29 Å². The molecule has 51 valence electrons. The molecule has 0 saturated carbocycles. The summed E-state index contributed by atoms with van der Waals surface area (Å²) >= 11 is 0.